The normalized spacial score (nSPS) is 22.3. The van der Waals surface area contributed by atoms with Crippen LogP contribution in [0, 0.1) is 5.92 Å². The first kappa shape index (κ1) is 14.8. The van der Waals surface area contributed by atoms with E-state index in [0.717, 1.165) is 11.8 Å². The zero-order valence-corrected chi connectivity index (χ0v) is 14.3. The van der Waals surface area contributed by atoms with Crippen molar-refractivity contribution in [2.24, 2.45) is 5.92 Å². The van der Waals surface area contributed by atoms with Crippen LogP contribution in [-0.2, 0) is 12.8 Å². The molecule has 2 aromatic carbocycles. The van der Waals surface area contributed by atoms with Crippen molar-refractivity contribution in [3.8, 4) is 0 Å². The van der Waals surface area contributed by atoms with Crippen LogP contribution in [-0.4, -0.2) is 0 Å². The van der Waals surface area contributed by atoms with Crippen LogP contribution in [0.2, 0.25) is 0 Å². The van der Waals surface area contributed by atoms with Crippen molar-refractivity contribution < 1.29 is 0 Å². The van der Waals surface area contributed by atoms with Crippen LogP contribution < -0.4 is 0 Å². The molecule has 4 rings (SSSR count). The predicted octanol–water partition coefficient (Wildman–Crippen LogP) is 6.16. The molecule has 118 valence electrons. The van der Waals surface area contributed by atoms with Gasteiger partial charge in [0.15, 0.2) is 0 Å². The molecule has 0 nitrogen and oxygen atoms in total. The molecule has 0 fully saturated rings. The third-order valence-electron chi connectivity index (χ3n) is 5.98. The summed E-state index contributed by atoms with van der Waals surface area (Å²) in [4.78, 5) is 0. The second-order valence-electron chi connectivity index (χ2n) is 7.15. The maximum Gasteiger partial charge on any atom is -0.00549 e. The van der Waals surface area contributed by atoms with Crippen molar-refractivity contribution in [2.75, 3.05) is 0 Å². The lowest BCUT2D eigenvalue weighted by Crippen LogP contribution is -2.09. The molecule has 23 heavy (non-hydrogen) atoms. The average Bonchev–Trinajstić information content (AvgIpc) is 3.11. The van der Waals surface area contributed by atoms with Gasteiger partial charge in [0.25, 0.3) is 0 Å². The molecule has 0 radical (unpaired) electrons. The molecule has 0 bridgehead atoms. The van der Waals surface area contributed by atoms with Crippen LogP contribution in [0.1, 0.15) is 61.3 Å². The summed E-state index contributed by atoms with van der Waals surface area (Å²) < 4.78 is 0. The van der Waals surface area contributed by atoms with Gasteiger partial charge >= 0.3 is 0 Å². The minimum absolute atomic E-state index is 0.750. The van der Waals surface area contributed by atoms with Crippen LogP contribution in [0.4, 0.5) is 0 Å². The van der Waals surface area contributed by atoms with E-state index < -0.39 is 0 Å². The fourth-order valence-corrected chi connectivity index (χ4v) is 4.98. The van der Waals surface area contributed by atoms with Crippen molar-refractivity contribution in [1.29, 1.82) is 0 Å². The monoisotopic (exact) mass is 302 g/mol. The highest BCUT2D eigenvalue weighted by molar-refractivity contribution is 5.76. The quantitative estimate of drug-likeness (QED) is 0.634. The zero-order valence-electron chi connectivity index (χ0n) is 14.3. The van der Waals surface area contributed by atoms with E-state index >= 15 is 0 Å². The summed E-state index contributed by atoms with van der Waals surface area (Å²) in [5.74, 6) is 1.55. The van der Waals surface area contributed by atoms with Gasteiger partial charge in [0, 0.05) is 0 Å². The lowest BCUT2D eigenvalue weighted by Gasteiger charge is -2.20. The summed E-state index contributed by atoms with van der Waals surface area (Å²) in [6.45, 7) is 4.68. The van der Waals surface area contributed by atoms with E-state index in [-0.39, 0.29) is 0 Å². The van der Waals surface area contributed by atoms with Crippen LogP contribution in [0.5, 0.6) is 0 Å². The van der Waals surface area contributed by atoms with Crippen molar-refractivity contribution in [3.05, 3.63) is 76.4 Å². The highest BCUT2D eigenvalue weighted by Crippen LogP contribution is 2.46. The molecule has 0 N–H and O–H groups in total. The molecule has 0 saturated carbocycles. The molecule has 2 aromatic rings. The van der Waals surface area contributed by atoms with Gasteiger partial charge in [-0.2, -0.15) is 0 Å². The van der Waals surface area contributed by atoms with E-state index in [9.17, 15) is 0 Å². The van der Waals surface area contributed by atoms with Gasteiger partial charge in [0.1, 0.15) is 0 Å². The Hall–Kier alpha value is -1.82. The fraction of sp³-hybridized carbons (Fsp3) is 0.391. The minimum atomic E-state index is 0.750. The molecule has 0 saturated heterocycles. The summed E-state index contributed by atoms with van der Waals surface area (Å²) in [6.07, 6.45) is 6.17. The second-order valence-corrected chi connectivity index (χ2v) is 7.15. The number of rotatable bonds is 4. The van der Waals surface area contributed by atoms with Crippen molar-refractivity contribution >= 4 is 5.57 Å². The first-order chi connectivity index (χ1) is 11.3. The Morgan fingerprint density at radius 2 is 1.65 bits per heavy atom. The molecule has 0 heterocycles. The molecule has 0 spiro atoms. The maximum atomic E-state index is 2.36. The zero-order chi connectivity index (χ0) is 15.8. The minimum Gasteiger partial charge on any atom is -0.0648 e. The Kier molecular flexibility index (Phi) is 3.85. The topological polar surface area (TPSA) is 0 Å². The van der Waals surface area contributed by atoms with Crippen LogP contribution in [0.15, 0.2) is 54.1 Å². The Morgan fingerprint density at radius 3 is 2.43 bits per heavy atom. The molecule has 2 aliphatic rings. The van der Waals surface area contributed by atoms with Gasteiger partial charge in [0.05, 0.1) is 0 Å². The molecule has 0 amide bonds. The number of fused-ring (bicyclic) bond motifs is 2. The van der Waals surface area contributed by atoms with Gasteiger partial charge in [-0.3, -0.25) is 0 Å². The van der Waals surface area contributed by atoms with Gasteiger partial charge in [-0.15, -0.1) is 0 Å². The summed E-state index contributed by atoms with van der Waals surface area (Å²) in [5, 5.41) is 0. The lowest BCUT2D eigenvalue weighted by atomic mass is 9.84. The Morgan fingerprint density at radius 1 is 0.913 bits per heavy atom. The highest BCUT2D eigenvalue weighted by atomic mass is 14.4. The van der Waals surface area contributed by atoms with Gasteiger partial charge in [-0.1, -0.05) is 68.0 Å². The van der Waals surface area contributed by atoms with Gasteiger partial charge in [-0.05, 0) is 71.8 Å². The fourth-order valence-electron chi connectivity index (χ4n) is 4.98. The Labute approximate surface area is 140 Å². The molecule has 2 atom stereocenters. The summed E-state index contributed by atoms with van der Waals surface area (Å²) in [7, 11) is 0. The van der Waals surface area contributed by atoms with E-state index in [2.05, 4.69) is 62.4 Å². The first-order valence-electron chi connectivity index (χ1n) is 9.18. The molecule has 0 aliphatic heterocycles. The number of hydrogen-bond acceptors (Lipinski definition) is 0. The highest BCUT2D eigenvalue weighted by Gasteiger charge is 2.32. The summed E-state index contributed by atoms with van der Waals surface area (Å²) >= 11 is 0. The third kappa shape index (κ3) is 2.45. The van der Waals surface area contributed by atoms with Crippen molar-refractivity contribution in [2.45, 2.75) is 51.9 Å². The van der Waals surface area contributed by atoms with Crippen LogP contribution >= 0.6 is 0 Å². The lowest BCUT2D eigenvalue weighted by molar-refractivity contribution is 0.441. The van der Waals surface area contributed by atoms with Crippen LogP contribution in [0.3, 0.4) is 0 Å². The van der Waals surface area contributed by atoms with Crippen LogP contribution in [0.25, 0.3) is 5.57 Å². The van der Waals surface area contributed by atoms with Crippen molar-refractivity contribution in [3.63, 3.8) is 0 Å². The maximum absolute atomic E-state index is 2.36. The van der Waals surface area contributed by atoms with Gasteiger partial charge in [0.2, 0.25) is 0 Å². The molecule has 0 aromatic heterocycles. The molecule has 2 aliphatic carbocycles. The number of allylic oxidation sites excluding steroid dienone is 2. The molecule has 2 unspecified atom stereocenters. The first-order valence-corrected chi connectivity index (χ1v) is 9.18. The molecular formula is C23H26. The Balaban J connectivity index is 1.62. The number of benzene rings is 2. The average molecular weight is 302 g/mol. The van der Waals surface area contributed by atoms with E-state index in [1.54, 1.807) is 27.8 Å². The molecular weight excluding hydrogens is 276 g/mol. The van der Waals surface area contributed by atoms with Gasteiger partial charge in [-0.25, -0.2) is 0 Å². The second kappa shape index (κ2) is 6.00. The molecule has 0 heteroatoms. The van der Waals surface area contributed by atoms with E-state index in [0.29, 0.717) is 0 Å². The third-order valence-corrected chi connectivity index (χ3v) is 5.98. The van der Waals surface area contributed by atoms with E-state index in [4.69, 9.17) is 0 Å². The predicted molar refractivity (Wildman–Crippen MR) is 98.6 cm³/mol. The SMILES string of the molecule is CCC1=C(CC2Cc3ccccc3C2CC)Cc2ccccc21. The van der Waals surface area contributed by atoms with Gasteiger partial charge < -0.3 is 0 Å². The largest absolute Gasteiger partial charge is 0.0648 e. The summed E-state index contributed by atoms with van der Waals surface area (Å²) in [6, 6.07) is 18.1. The van der Waals surface area contributed by atoms with E-state index in [1.807, 2.05) is 0 Å². The number of hydrogen-bond donors (Lipinski definition) is 0. The standard InChI is InChI=1S/C23H26/c1-3-20-18(13-16-9-5-7-11-22(16)20)15-19-14-17-10-6-8-12-23(17)21(19)4-2/h5-12,18,20H,3-4,13-15H2,1-2H3. The smallest absolute Gasteiger partial charge is 0.00549 e. The Bertz CT molecular complexity index is 750. The van der Waals surface area contributed by atoms with Crippen molar-refractivity contribution in [1.82, 2.24) is 0 Å². The van der Waals surface area contributed by atoms with E-state index in [1.165, 1.54) is 37.7 Å². The summed E-state index contributed by atoms with van der Waals surface area (Å²) in [5.41, 5.74) is 9.63.